The van der Waals surface area contributed by atoms with Gasteiger partial charge in [-0.15, -0.1) is 24.0 Å². The number of halogens is 2. The third kappa shape index (κ3) is 6.19. The van der Waals surface area contributed by atoms with Gasteiger partial charge in [0, 0.05) is 24.2 Å². The van der Waals surface area contributed by atoms with E-state index in [1.165, 1.54) is 6.07 Å². The van der Waals surface area contributed by atoms with E-state index < -0.39 is 0 Å². The van der Waals surface area contributed by atoms with E-state index in [0.29, 0.717) is 19.0 Å². The Morgan fingerprint density at radius 3 is 2.50 bits per heavy atom. The summed E-state index contributed by atoms with van der Waals surface area (Å²) in [6.07, 6.45) is 2.02. The number of amides is 1. The molecule has 0 saturated heterocycles. The maximum atomic E-state index is 13.5. The van der Waals surface area contributed by atoms with Crippen molar-refractivity contribution < 1.29 is 9.18 Å². The number of nitrogens with one attached hydrogen (secondary N) is 3. The number of carbonyl (C=O) groups is 1. The number of anilines is 1. The minimum absolute atomic E-state index is 0. The van der Waals surface area contributed by atoms with Gasteiger partial charge in [0.25, 0.3) is 0 Å². The quantitative estimate of drug-likeness (QED) is 0.312. The van der Waals surface area contributed by atoms with Crippen LogP contribution >= 0.6 is 24.0 Å². The van der Waals surface area contributed by atoms with Crippen LogP contribution in [-0.4, -0.2) is 31.5 Å². The highest BCUT2D eigenvalue weighted by molar-refractivity contribution is 14.0. The molecule has 7 heteroatoms. The lowest BCUT2D eigenvalue weighted by Crippen LogP contribution is -2.41. The third-order valence-electron chi connectivity index (χ3n) is 4.67. The first-order valence-corrected chi connectivity index (χ1v) is 9.24. The van der Waals surface area contributed by atoms with Gasteiger partial charge in [-0.1, -0.05) is 30.3 Å². The predicted octanol–water partition coefficient (Wildman–Crippen LogP) is 3.67. The molecule has 2 aromatic carbocycles. The molecule has 1 fully saturated rings. The lowest BCUT2D eigenvalue weighted by Gasteiger charge is -2.19. The van der Waals surface area contributed by atoms with Crippen LogP contribution in [-0.2, 0) is 10.2 Å². The molecule has 1 aliphatic rings. The highest BCUT2D eigenvalue weighted by atomic mass is 127. The summed E-state index contributed by atoms with van der Waals surface area (Å²) in [6, 6.07) is 16.1. The standard InChI is InChI=1S/C21H25FN4O.HI/c1-2-23-20(24-14-19(27)26-18-9-4-3-5-10-18)25-15-21(11-12-21)16-7-6-8-17(22)13-16;/h3-10,13H,2,11-12,14-15H2,1H3,(H,26,27)(H2,23,24,25);1H. The van der Waals surface area contributed by atoms with E-state index in [4.69, 9.17) is 0 Å². The fraction of sp³-hybridized carbons (Fsp3) is 0.333. The molecule has 0 bridgehead atoms. The SMILES string of the molecule is CCNC(=NCC(=O)Nc1ccccc1)NCC1(c2cccc(F)c2)CC1.I. The Kier molecular flexibility index (Phi) is 8.22. The summed E-state index contributed by atoms with van der Waals surface area (Å²) in [5.41, 5.74) is 1.70. The Hall–Kier alpha value is -2.16. The van der Waals surface area contributed by atoms with E-state index >= 15 is 0 Å². The fourth-order valence-electron chi connectivity index (χ4n) is 3.00. The topological polar surface area (TPSA) is 65.5 Å². The summed E-state index contributed by atoms with van der Waals surface area (Å²) in [6.45, 7) is 3.35. The second-order valence-corrected chi connectivity index (χ2v) is 6.75. The van der Waals surface area contributed by atoms with Crippen LogP contribution in [0.3, 0.4) is 0 Å². The molecule has 3 rings (SSSR count). The molecule has 5 nitrogen and oxygen atoms in total. The second kappa shape index (κ2) is 10.4. The number of para-hydroxylation sites is 1. The minimum Gasteiger partial charge on any atom is -0.357 e. The molecule has 0 aliphatic heterocycles. The molecule has 1 aliphatic carbocycles. The Morgan fingerprint density at radius 1 is 1.11 bits per heavy atom. The summed E-state index contributed by atoms with van der Waals surface area (Å²) >= 11 is 0. The molecule has 0 atom stereocenters. The normalized spacial score (nSPS) is 14.6. The van der Waals surface area contributed by atoms with Crippen LogP contribution in [0.1, 0.15) is 25.3 Å². The van der Waals surface area contributed by atoms with Gasteiger partial charge in [-0.3, -0.25) is 4.79 Å². The number of hydrogen-bond donors (Lipinski definition) is 3. The summed E-state index contributed by atoms with van der Waals surface area (Å²) in [5.74, 6) is 0.199. The van der Waals surface area contributed by atoms with Crippen molar-refractivity contribution >= 4 is 41.5 Å². The Labute approximate surface area is 182 Å². The van der Waals surface area contributed by atoms with E-state index in [1.54, 1.807) is 12.1 Å². The van der Waals surface area contributed by atoms with Crippen molar-refractivity contribution in [2.24, 2.45) is 4.99 Å². The van der Waals surface area contributed by atoms with Gasteiger partial charge in [-0.2, -0.15) is 0 Å². The number of guanidine groups is 1. The van der Waals surface area contributed by atoms with Gasteiger partial charge in [0.2, 0.25) is 5.91 Å². The molecular weight excluding hydrogens is 470 g/mol. The lowest BCUT2D eigenvalue weighted by atomic mass is 9.96. The van der Waals surface area contributed by atoms with Crippen LogP contribution in [0.25, 0.3) is 0 Å². The predicted molar refractivity (Wildman–Crippen MR) is 122 cm³/mol. The maximum Gasteiger partial charge on any atom is 0.246 e. The minimum atomic E-state index is -0.211. The highest BCUT2D eigenvalue weighted by Gasteiger charge is 2.44. The lowest BCUT2D eigenvalue weighted by molar-refractivity contribution is -0.114. The molecule has 0 heterocycles. The second-order valence-electron chi connectivity index (χ2n) is 6.75. The molecular formula is C21H26FIN4O. The van der Waals surface area contributed by atoms with Crippen LogP contribution in [0.5, 0.6) is 0 Å². The highest BCUT2D eigenvalue weighted by Crippen LogP contribution is 2.47. The Balaban J connectivity index is 0.00000280. The molecule has 0 spiro atoms. The van der Waals surface area contributed by atoms with Gasteiger partial charge in [0.15, 0.2) is 5.96 Å². The first-order chi connectivity index (χ1) is 13.1. The largest absolute Gasteiger partial charge is 0.357 e. The molecule has 2 aromatic rings. The van der Waals surface area contributed by atoms with Gasteiger partial charge >= 0.3 is 0 Å². The van der Waals surface area contributed by atoms with E-state index in [9.17, 15) is 9.18 Å². The number of carbonyl (C=O) groups excluding carboxylic acids is 1. The van der Waals surface area contributed by atoms with Crippen molar-refractivity contribution in [3.05, 3.63) is 66.0 Å². The van der Waals surface area contributed by atoms with Gasteiger partial charge in [0.05, 0.1) is 0 Å². The summed E-state index contributed by atoms with van der Waals surface area (Å²) in [4.78, 5) is 16.4. The van der Waals surface area contributed by atoms with E-state index in [2.05, 4.69) is 20.9 Å². The van der Waals surface area contributed by atoms with Crippen molar-refractivity contribution in [2.45, 2.75) is 25.2 Å². The first kappa shape index (κ1) is 22.1. The van der Waals surface area contributed by atoms with Gasteiger partial charge in [-0.25, -0.2) is 9.38 Å². The first-order valence-electron chi connectivity index (χ1n) is 9.24. The summed E-state index contributed by atoms with van der Waals surface area (Å²) in [7, 11) is 0. The van der Waals surface area contributed by atoms with Gasteiger partial charge < -0.3 is 16.0 Å². The zero-order chi connectivity index (χ0) is 19.1. The smallest absolute Gasteiger partial charge is 0.246 e. The average Bonchev–Trinajstić information content (AvgIpc) is 3.46. The summed E-state index contributed by atoms with van der Waals surface area (Å²) in [5, 5.41) is 9.26. The fourth-order valence-corrected chi connectivity index (χ4v) is 3.00. The van der Waals surface area contributed by atoms with Crippen molar-refractivity contribution in [1.29, 1.82) is 0 Å². The Morgan fingerprint density at radius 2 is 1.86 bits per heavy atom. The zero-order valence-corrected chi connectivity index (χ0v) is 18.2. The number of rotatable bonds is 7. The van der Waals surface area contributed by atoms with E-state index in [-0.39, 0.29) is 47.7 Å². The molecule has 0 aromatic heterocycles. The number of hydrogen-bond acceptors (Lipinski definition) is 2. The monoisotopic (exact) mass is 496 g/mol. The van der Waals surface area contributed by atoms with Crippen molar-refractivity contribution in [3.8, 4) is 0 Å². The molecule has 0 unspecified atom stereocenters. The zero-order valence-electron chi connectivity index (χ0n) is 15.9. The van der Waals surface area contributed by atoms with E-state index in [1.807, 2.05) is 43.3 Å². The van der Waals surface area contributed by atoms with Crippen LogP contribution in [0.15, 0.2) is 59.6 Å². The summed E-state index contributed by atoms with van der Waals surface area (Å²) < 4.78 is 13.5. The molecule has 28 heavy (non-hydrogen) atoms. The van der Waals surface area contributed by atoms with Crippen LogP contribution < -0.4 is 16.0 Å². The number of nitrogens with zero attached hydrogens (tertiary/aromatic N) is 1. The number of benzene rings is 2. The third-order valence-corrected chi connectivity index (χ3v) is 4.67. The van der Waals surface area contributed by atoms with Crippen molar-refractivity contribution in [1.82, 2.24) is 10.6 Å². The Bertz CT molecular complexity index is 809. The molecule has 1 saturated carbocycles. The van der Waals surface area contributed by atoms with E-state index in [0.717, 1.165) is 24.1 Å². The van der Waals surface area contributed by atoms with Crippen LogP contribution in [0, 0.1) is 5.82 Å². The molecule has 1 amide bonds. The maximum absolute atomic E-state index is 13.5. The molecule has 150 valence electrons. The van der Waals surface area contributed by atoms with Crippen molar-refractivity contribution in [3.63, 3.8) is 0 Å². The van der Waals surface area contributed by atoms with Crippen LogP contribution in [0.2, 0.25) is 0 Å². The van der Waals surface area contributed by atoms with Gasteiger partial charge in [0.1, 0.15) is 12.4 Å². The molecule has 3 N–H and O–H groups in total. The van der Waals surface area contributed by atoms with Gasteiger partial charge in [-0.05, 0) is 49.6 Å². The van der Waals surface area contributed by atoms with Crippen LogP contribution in [0.4, 0.5) is 10.1 Å². The average molecular weight is 496 g/mol. The van der Waals surface area contributed by atoms with Crippen molar-refractivity contribution in [2.75, 3.05) is 25.0 Å². The number of aliphatic imine (C=N–C) groups is 1. The molecule has 0 radical (unpaired) electrons.